The highest BCUT2D eigenvalue weighted by Crippen LogP contribution is 2.33. The Labute approximate surface area is 182 Å². The first-order chi connectivity index (χ1) is 13.7. The van der Waals surface area contributed by atoms with E-state index in [-0.39, 0.29) is 60.0 Å². The molecule has 2 unspecified atom stereocenters. The summed E-state index contributed by atoms with van der Waals surface area (Å²) in [6.45, 7) is 17.7. The highest BCUT2D eigenvalue weighted by atomic mass is 16.7. The number of hydrogen-bond acceptors (Lipinski definition) is 6. The van der Waals surface area contributed by atoms with E-state index in [0.29, 0.717) is 12.8 Å². The van der Waals surface area contributed by atoms with Crippen molar-refractivity contribution >= 4 is 11.9 Å². The normalized spacial score (nSPS) is 28.7. The van der Waals surface area contributed by atoms with Gasteiger partial charge in [-0.25, -0.2) is 0 Å². The molecule has 0 amide bonds. The average Bonchev–Trinajstić information content (AvgIpc) is 3.07. The molecule has 0 aliphatic carbocycles. The second-order valence-corrected chi connectivity index (χ2v) is 11.8. The molecule has 6 nitrogen and oxygen atoms in total. The van der Waals surface area contributed by atoms with Crippen LogP contribution in [0.3, 0.4) is 0 Å². The molecule has 0 aromatic rings. The van der Waals surface area contributed by atoms with Gasteiger partial charge in [-0.15, -0.1) is 0 Å². The fourth-order valence-corrected chi connectivity index (χ4v) is 4.87. The summed E-state index contributed by atoms with van der Waals surface area (Å²) in [5.74, 6) is 0.0647. The van der Waals surface area contributed by atoms with Crippen LogP contribution < -0.4 is 0 Å². The number of ether oxygens (including phenoxy) is 4. The van der Waals surface area contributed by atoms with Gasteiger partial charge in [0.15, 0.2) is 12.2 Å². The zero-order chi connectivity index (χ0) is 22.7. The highest BCUT2D eigenvalue weighted by Gasteiger charge is 2.51. The van der Waals surface area contributed by atoms with Crippen LogP contribution in [0.4, 0.5) is 0 Å². The van der Waals surface area contributed by atoms with Crippen LogP contribution in [0.25, 0.3) is 0 Å². The van der Waals surface area contributed by atoms with E-state index in [9.17, 15) is 9.59 Å². The predicted octanol–water partition coefficient (Wildman–Crippen LogP) is 4.53. The minimum absolute atomic E-state index is 0.178. The molecule has 0 spiro atoms. The monoisotopic (exact) mass is 426 g/mol. The van der Waals surface area contributed by atoms with Crippen molar-refractivity contribution in [2.24, 2.45) is 22.7 Å². The van der Waals surface area contributed by atoms with Gasteiger partial charge in [-0.1, -0.05) is 55.4 Å². The van der Waals surface area contributed by atoms with Gasteiger partial charge in [-0.05, 0) is 35.5 Å². The smallest absolute Gasteiger partial charge is 0.306 e. The standard InChI is InChI=1S/C24H42O6/c1-15(11-23(3,4)5)9-19(25)29-17-13-27-22-18(14-28-21(17)22)30-20(26)10-16(2)12-24(6,7)8/h15-18,21-22H,9-14H2,1-8H3/t15?,16?,17-,18+,21-,22-/m1/s1. The summed E-state index contributed by atoms with van der Waals surface area (Å²) in [5, 5.41) is 0. The molecule has 174 valence electrons. The van der Waals surface area contributed by atoms with Crippen LogP contribution in [0.5, 0.6) is 0 Å². The summed E-state index contributed by atoms with van der Waals surface area (Å²) in [6, 6.07) is 0. The van der Waals surface area contributed by atoms with Crippen LogP contribution in [0.2, 0.25) is 0 Å². The van der Waals surface area contributed by atoms with E-state index in [4.69, 9.17) is 18.9 Å². The molecule has 6 atom stereocenters. The maximum Gasteiger partial charge on any atom is 0.306 e. The number of carbonyl (C=O) groups is 2. The quantitative estimate of drug-likeness (QED) is 0.531. The van der Waals surface area contributed by atoms with Gasteiger partial charge in [-0.3, -0.25) is 9.59 Å². The fourth-order valence-electron chi connectivity index (χ4n) is 4.87. The van der Waals surface area contributed by atoms with E-state index in [1.165, 1.54) is 0 Å². The third-order valence-corrected chi connectivity index (χ3v) is 5.48. The third kappa shape index (κ3) is 8.18. The van der Waals surface area contributed by atoms with Crippen LogP contribution in [-0.2, 0) is 28.5 Å². The molecule has 2 aliphatic rings. The van der Waals surface area contributed by atoms with Gasteiger partial charge in [-0.2, -0.15) is 0 Å². The Kier molecular flexibility index (Phi) is 8.36. The van der Waals surface area contributed by atoms with Crippen molar-refractivity contribution in [2.45, 2.75) is 105 Å². The van der Waals surface area contributed by atoms with Crippen LogP contribution in [0, 0.1) is 22.7 Å². The van der Waals surface area contributed by atoms with E-state index in [2.05, 4.69) is 55.4 Å². The van der Waals surface area contributed by atoms with Crippen molar-refractivity contribution in [3.63, 3.8) is 0 Å². The van der Waals surface area contributed by atoms with Gasteiger partial charge in [0.05, 0.1) is 13.2 Å². The SMILES string of the molecule is CC(CC(=O)O[C@H]1CO[C@H]2[C@@H]1OC[C@H]2OC(=O)CC(C)CC(C)(C)C)CC(C)(C)C. The van der Waals surface area contributed by atoms with Crippen molar-refractivity contribution in [1.82, 2.24) is 0 Å². The molecule has 6 heteroatoms. The van der Waals surface area contributed by atoms with Crippen molar-refractivity contribution in [2.75, 3.05) is 13.2 Å². The lowest BCUT2D eigenvalue weighted by Crippen LogP contribution is -2.36. The molecular formula is C24H42O6. The molecular weight excluding hydrogens is 384 g/mol. The Hall–Kier alpha value is -1.14. The van der Waals surface area contributed by atoms with Crippen molar-refractivity contribution < 1.29 is 28.5 Å². The van der Waals surface area contributed by atoms with Gasteiger partial charge in [0.25, 0.3) is 0 Å². The first-order valence-electron chi connectivity index (χ1n) is 11.4. The van der Waals surface area contributed by atoms with Crippen molar-refractivity contribution in [3.05, 3.63) is 0 Å². The summed E-state index contributed by atoms with van der Waals surface area (Å²) in [4.78, 5) is 24.7. The van der Waals surface area contributed by atoms with Crippen LogP contribution in [0.1, 0.15) is 81.1 Å². The fraction of sp³-hybridized carbons (Fsp3) is 0.917. The van der Waals surface area contributed by atoms with Crippen molar-refractivity contribution in [3.8, 4) is 0 Å². The zero-order valence-corrected chi connectivity index (χ0v) is 20.2. The second kappa shape index (κ2) is 9.99. The Morgan fingerprint density at radius 2 is 1.10 bits per heavy atom. The topological polar surface area (TPSA) is 71.1 Å². The number of hydrogen-bond donors (Lipinski definition) is 0. The number of esters is 2. The maximum atomic E-state index is 12.4. The number of rotatable bonds is 8. The molecule has 2 rings (SSSR count). The Morgan fingerprint density at radius 3 is 1.40 bits per heavy atom. The number of fused-ring (bicyclic) bond motifs is 1. The number of carbonyl (C=O) groups excluding carboxylic acids is 2. The van der Waals surface area contributed by atoms with Gasteiger partial charge in [0.1, 0.15) is 12.2 Å². The summed E-state index contributed by atoms with van der Waals surface area (Å²) in [5.41, 5.74) is 0.356. The second-order valence-electron chi connectivity index (χ2n) is 11.8. The summed E-state index contributed by atoms with van der Waals surface area (Å²) >= 11 is 0. The molecule has 0 saturated carbocycles. The molecule has 2 fully saturated rings. The summed E-state index contributed by atoms with van der Waals surface area (Å²) < 4.78 is 22.9. The van der Waals surface area contributed by atoms with Crippen LogP contribution in [-0.4, -0.2) is 49.6 Å². The van der Waals surface area contributed by atoms with Gasteiger partial charge in [0, 0.05) is 12.8 Å². The third-order valence-electron chi connectivity index (χ3n) is 5.48. The van der Waals surface area contributed by atoms with Gasteiger partial charge >= 0.3 is 11.9 Å². The lowest BCUT2D eigenvalue weighted by Gasteiger charge is -2.23. The zero-order valence-electron chi connectivity index (χ0n) is 20.2. The lowest BCUT2D eigenvalue weighted by molar-refractivity contribution is -0.156. The van der Waals surface area contributed by atoms with Crippen LogP contribution in [0.15, 0.2) is 0 Å². The van der Waals surface area contributed by atoms with Gasteiger partial charge < -0.3 is 18.9 Å². The van der Waals surface area contributed by atoms with Gasteiger partial charge in [0.2, 0.25) is 0 Å². The maximum absolute atomic E-state index is 12.4. The molecule has 30 heavy (non-hydrogen) atoms. The predicted molar refractivity (Wildman–Crippen MR) is 115 cm³/mol. The van der Waals surface area contributed by atoms with E-state index < -0.39 is 12.2 Å². The Morgan fingerprint density at radius 1 is 0.767 bits per heavy atom. The Bertz CT molecular complexity index is 535. The molecule has 0 N–H and O–H groups in total. The summed E-state index contributed by atoms with van der Waals surface area (Å²) in [7, 11) is 0. The summed E-state index contributed by atoms with van der Waals surface area (Å²) in [6.07, 6.45) is 1.08. The highest BCUT2D eigenvalue weighted by molar-refractivity contribution is 5.70. The lowest BCUT2D eigenvalue weighted by atomic mass is 9.84. The van der Waals surface area contributed by atoms with E-state index >= 15 is 0 Å². The van der Waals surface area contributed by atoms with Crippen molar-refractivity contribution in [1.29, 1.82) is 0 Å². The van der Waals surface area contributed by atoms with Crippen LogP contribution >= 0.6 is 0 Å². The molecule has 2 aliphatic heterocycles. The van der Waals surface area contributed by atoms with E-state index in [1.54, 1.807) is 0 Å². The first-order valence-corrected chi connectivity index (χ1v) is 11.4. The largest absolute Gasteiger partial charge is 0.457 e. The minimum Gasteiger partial charge on any atom is -0.457 e. The molecule has 2 heterocycles. The average molecular weight is 427 g/mol. The molecule has 0 aromatic heterocycles. The molecule has 0 bridgehead atoms. The first kappa shape index (κ1) is 25.1. The molecule has 0 aromatic carbocycles. The molecule has 0 radical (unpaired) electrons. The molecule has 2 saturated heterocycles. The van der Waals surface area contributed by atoms with E-state index in [1.807, 2.05) is 0 Å². The van der Waals surface area contributed by atoms with E-state index in [0.717, 1.165) is 12.8 Å². The Balaban J connectivity index is 1.78. The minimum atomic E-state index is -0.437.